The zero-order valence-corrected chi connectivity index (χ0v) is 14.4. The molecule has 2 saturated carbocycles. The summed E-state index contributed by atoms with van der Waals surface area (Å²) in [7, 11) is 0. The zero-order chi connectivity index (χ0) is 17.0. The van der Waals surface area contributed by atoms with E-state index in [-0.39, 0.29) is 23.9 Å². The first-order valence-corrected chi connectivity index (χ1v) is 9.78. The molecule has 5 nitrogen and oxygen atoms in total. The summed E-state index contributed by atoms with van der Waals surface area (Å²) in [5.74, 6) is 1.60. The predicted octanol–water partition coefficient (Wildman–Crippen LogP) is 1.28. The minimum Gasteiger partial charge on any atom is -0.504 e. The summed E-state index contributed by atoms with van der Waals surface area (Å²) in [5, 5.41) is 22.5. The van der Waals surface area contributed by atoms with E-state index >= 15 is 0 Å². The normalized spacial score (nSPS) is 44.3. The Morgan fingerprint density at radius 2 is 2.08 bits per heavy atom. The summed E-state index contributed by atoms with van der Waals surface area (Å²) < 4.78 is 6.26. The molecule has 2 bridgehead atoms. The standard InChI is InChI=1S/C20H26N2O3/c21-13-5-6-20(24)15-9-12-3-4-14(23)17-16(12)19(20,18(13)25-17)7-8-22(15)10-11-1-2-11/h3-4,11,13,15,18,23-24H,1-2,5-10,21H2/t13?,15?,18-,19?,20+/m0/s1. The van der Waals surface area contributed by atoms with Crippen LogP contribution in [0.25, 0.3) is 0 Å². The third kappa shape index (κ3) is 1.61. The molecule has 5 atom stereocenters. The molecule has 5 heteroatoms. The van der Waals surface area contributed by atoms with Gasteiger partial charge in [0.1, 0.15) is 6.10 Å². The second-order valence-electron chi connectivity index (χ2n) is 8.99. The Morgan fingerprint density at radius 1 is 1.24 bits per heavy atom. The average molecular weight is 342 g/mol. The van der Waals surface area contributed by atoms with Gasteiger partial charge in [-0.2, -0.15) is 0 Å². The van der Waals surface area contributed by atoms with Crippen molar-refractivity contribution in [2.45, 2.75) is 67.7 Å². The SMILES string of the molecule is NC1CC[C@@]2(O)C3Cc4ccc(O)c5c4C2(CCN3CC2CC2)[C@H]1O5. The molecule has 1 spiro atoms. The third-order valence-electron chi connectivity index (χ3n) is 7.81. The van der Waals surface area contributed by atoms with Crippen LogP contribution in [0.15, 0.2) is 12.1 Å². The first-order valence-electron chi connectivity index (χ1n) is 9.78. The quantitative estimate of drug-likeness (QED) is 0.755. The molecule has 2 aliphatic heterocycles. The molecule has 3 aliphatic carbocycles. The molecule has 5 aliphatic rings. The number of phenols is 1. The molecule has 1 saturated heterocycles. The second-order valence-corrected chi connectivity index (χ2v) is 8.99. The predicted molar refractivity (Wildman–Crippen MR) is 92.8 cm³/mol. The van der Waals surface area contributed by atoms with Gasteiger partial charge in [0.25, 0.3) is 0 Å². The number of hydrogen-bond donors (Lipinski definition) is 3. The van der Waals surface area contributed by atoms with Crippen molar-refractivity contribution in [1.82, 2.24) is 4.90 Å². The van der Waals surface area contributed by atoms with Crippen molar-refractivity contribution < 1.29 is 14.9 Å². The van der Waals surface area contributed by atoms with Crippen molar-refractivity contribution in [3.8, 4) is 11.5 Å². The van der Waals surface area contributed by atoms with Crippen molar-refractivity contribution in [3.05, 3.63) is 23.3 Å². The Balaban J connectivity index is 1.57. The van der Waals surface area contributed by atoms with Gasteiger partial charge in [0.05, 0.1) is 11.0 Å². The van der Waals surface area contributed by atoms with Crippen molar-refractivity contribution in [1.29, 1.82) is 0 Å². The van der Waals surface area contributed by atoms with E-state index in [9.17, 15) is 10.2 Å². The third-order valence-corrected chi connectivity index (χ3v) is 7.81. The van der Waals surface area contributed by atoms with Gasteiger partial charge in [0.2, 0.25) is 0 Å². The summed E-state index contributed by atoms with van der Waals surface area (Å²) in [5.41, 5.74) is 7.53. The fourth-order valence-corrected chi connectivity index (χ4v) is 6.52. The van der Waals surface area contributed by atoms with Gasteiger partial charge in [-0.3, -0.25) is 4.90 Å². The van der Waals surface area contributed by atoms with Gasteiger partial charge in [-0.05, 0) is 62.6 Å². The van der Waals surface area contributed by atoms with E-state index in [0.717, 1.165) is 50.3 Å². The van der Waals surface area contributed by atoms with Crippen LogP contribution >= 0.6 is 0 Å². The number of benzene rings is 1. The maximum Gasteiger partial charge on any atom is 0.165 e. The highest BCUT2D eigenvalue weighted by molar-refractivity contribution is 5.62. The molecule has 0 radical (unpaired) electrons. The number of likely N-dealkylation sites (tertiary alicyclic amines) is 1. The fourth-order valence-electron chi connectivity index (χ4n) is 6.52. The van der Waals surface area contributed by atoms with Crippen LogP contribution in [-0.4, -0.2) is 52.0 Å². The van der Waals surface area contributed by atoms with E-state index < -0.39 is 11.0 Å². The van der Waals surface area contributed by atoms with Crippen molar-refractivity contribution >= 4 is 0 Å². The Kier molecular flexibility index (Phi) is 2.67. The van der Waals surface area contributed by atoms with Crippen LogP contribution in [0.1, 0.15) is 43.2 Å². The molecule has 3 unspecified atom stereocenters. The van der Waals surface area contributed by atoms with Gasteiger partial charge in [-0.25, -0.2) is 0 Å². The van der Waals surface area contributed by atoms with Gasteiger partial charge < -0.3 is 20.7 Å². The summed E-state index contributed by atoms with van der Waals surface area (Å²) in [4.78, 5) is 2.55. The van der Waals surface area contributed by atoms with Gasteiger partial charge in [0.15, 0.2) is 11.5 Å². The molecule has 0 amide bonds. The molecule has 4 N–H and O–H groups in total. The first kappa shape index (κ1) is 14.8. The minimum absolute atomic E-state index is 0.0892. The van der Waals surface area contributed by atoms with E-state index in [0.29, 0.717) is 5.75 Å². The van der Waals surface area contributed by atoms with E-state index in [2.05, 4.69) is 4.90 Å². The van der Waals surface area contributed by atoms with Crippen LogP contribution in [0.5, 0.6) is 11.5 Å². The number of ether oxygens (including phenoxy) is 1. The molecule has 6 rings (SSSR count). The minimum atomic E-state index is -0.799. The summed E-state index contributed by atoms with van der Waals surface area (Å²) in [6, 6.07) is 3.84. The Morgan fingerprint density at radius 3 is 2.88 bits per heavy atom. The Hall–Kier alpha value is -1.30. The van der Waals surface area contributed by atoms with Gasteiger partial charge in [0, 0.05) is 24.2 Å². The van der Waals surface area contributed by atoms with E-state index in [1.807, 2.05) is 6.07 Å². The largest absolute Gasteiger partial charge is 0.504 e. The molecule has 134 valence electrons. The lowest BCUT2D eigenvalue weighted by Crippen LogP contribution is -2.77. The second kappa shape index (κ2) is 4.51. The summed E-state index contributed by atoms with van der Waals surface area (Å²) in [6.45, 7) is 2.10. The molecular weight excluding hydrogens is 316 g/mol. The Bertz CT molecular complexity index is 764. The number of phenolic OH excluding ortho intramolecular Hbond substituents is 1. The van der Waals surface area contributed by atoms with Crippen LogP contribution < -0.4 is 10.5 Å². The van der Waals surface area contributed by atoms with Gasteiger partial charge >= 0.3 is 0 Å². The number of hydrogen-bond acceptors (Lipinski definition) is 5. The topological polar surface area (TPSA) is 79.0 Å². The highest BCUT2D eigenvalue weighted by Crippen LogP contribution is 2.65. The molecule has 3 fully saturated rings. The lowest BCUT2D eigenvalue weighted by Gasteiger charge is -2.64. The summed E-state index contributed by atoms with van der Waals surface area (Å²) >= 11 is 0. The lowest BCUT2D eigenvalue weighted by molar-refractivity contribution is -0.189. The van der Waals surface area contributed by atoms with Crippen LogP contribution in [-0.2, 0) is 11.8 Å². The first-order chi connectivity index (χ1) is 12.0. The number of rotatable bonds is 2. The number of aromatic hydroxyl groups is 1. The lowest BCUT2D eigenvalue weighted by atomic mass is 9.48. The molecule has 25 heavy (non-hydrogen) atoms. The monoisotopic (exact) mass is 342 g/mol. The van der Waals surface area contributed by atoms with Crippen molar-refractivity contribution in [2.75, 3.05) is 13.1 Å². The maximum absolute atomic E-state index is 12.1. The zero-order valence-electron chi connectivity index (χ0n) is 14.4. The fraction of sp³-hybridized carbons (Fsp3) is 0.700. The van der Waals surface area contributed by atoms with Crippen LogP contribution in [0.4, 0.5) is 0 Å². The molecule has 1 aromatic carbocycles. The molecule has 0 aromatic heterocycles. The highest BCUT2D eigenvalue weighted by atomic mass is 16.5. The number of piperidine rings is 1. The summed E-state index contributed by atoms with van der Waals surface area (Å²) in [6.07, 6.45) is 5.66. The molecule has 2 heterocycles. The van der Waals surface area contributed by atoms with Crippen LogP contribution in [0.2, 0.25) is 0 Å². The van der Waals surface area contributed by atoms with E-state index in [1.54, 1.807) is 6.07 Å². The number of nitrogens with two attached hydrogens (primary N) is 1. The van der Waals surface area contributed by atoms with Crippen molar-refractivity contribution in [2.24, 2.45) is 11.7 Å². The number of aliphatic hydroxyl groups is 1. The van der Waals surface area contributed by atoms with Crippen LogP contribution in [0.3, 0.4) is 0 Å². The van der Waals surface area contributed by atoms with E-state index in [1.165, 1.54) is 18.4 Å². The van der Waals surface area contributed by atoms with E-state index in [4.69, 9.17) is 10.5 Å². The maximum atomic E-state index is 12.1. The average Bonchev–Trinajstić information content (AvgIpc) is 3.32. The molecular formula is C20H26N2O3. The Labute approximate surface area is 147 Å². The smallest absolute Gasteiger partial charge is 0.165 e. The van der Waals surface area contributed by atoms with Gasteiger partial charge in [-0.15, -0.1) is 0 Å². The van der Waals surface area contributed by atoms with Crippen LogP contribution in [0, 0.1) is 5.92 Å². The number of nitrogens with zero attached hydrogens (tertiary/aromatic N) is 1. The van der Waals surface area contributed by atoms with Gasteiger partial charge in [-0.1, -0.05) is 6.07 Å². The van der Waals surface area contributed by atoms with Crippen molar-refractivity contribution in [3.63, 3.8) is 0 Å². The molecule has 1 aromatic rings. The highest BCUT2D eigenvalue weighted by Gasteiger charge is 2.72.